The molecule has 1 aliphatic rings. The van der Waals surface area contributed by atoms with E-state index in [4.69, 9.17) is 5.84 Å². The maximum Gasteiger partial charge on any atom is 0.337 e. The molecule has 2 aromatic carbocycles. The van der Waals surface area contributed by atoms with Gasteiger partial charge >= 0.3 is 5.97 Å². The zero-order valence-electron chi connectivity index (χ0n) is 17.5. The molecule has 1 heterocycles. The Hall–Kier alpha value is -2.47. The highest BCUT2D eigenvalue weighted by molar-refractivity contribution is 7.16. The number of aromatic carboxylic acids is 1. The Bertz CT molecular complexity index is 1060. The maximum absolute atomic E-state index is 12.3. The van der Waals surface area contributed by atoms with Crippen LogP contribution in [-0.2, 0) is 25.9 Å². The summed E-state index contributed by atoms with van der Waals surface area (Å²) in [5, 5.41) is 11.9. The van der Waals surface area contributed by atoms with E-state index in [0.717, 1.165) is 46.4 Å². The zero-order valence-corrected chi connectivity index (χ0v) is 18.3. The van der Waals surface area contributed by atoms with Gasteiger partial charge in [-0.15, -0.1) is 11.3 Å². The monoisotopic (exact) mass is 420 g/mol. The molecule has 0 unspecified atom stereocenters. The minimum Gasteiger partial charge on any atom is -0.478 e. The van der Waals surface area contributed by atoms with Crippen molar-refractivity contribution >= 4 is 17.3 Å². The first kappa shape index (κ1) is 20.8. The van der Waals surface area contributed by atoms with Crippen LogP contribution in [0.25, 0.3) is 10.4 Å². The largest absolute Gasteiger partial charge is 0.478 e. The zero-order chi connectivity index (χ0) is 21.3. The summed E-state index contributed by atoms with van der Waals surface area (Å²) < 4.78 is 0. The van der Waals surface area contributed by atoms with Crippen molar-refractivity contribution in [3.8, 4) is 10.4 Å². The molecule has 0 saturated carbocycles. The van der Waals surface area contributed by atoms with Crippen molar-refractivity contribution < 1.29 is 9.90 Å². The number of carboxylic acid groups (broad SMARTS) is 1. The summed E-state index contributed by atoms with van der Waals surface area (Å²) in [7, 11) is 0. The topological polar surface area (TPSA) is 66.6 Å². The van der Waals surface area contributed by atoms with Crippen LogP contribution < -0.4 is 5.84 Å². The van der Waals surface area contributed by atoms with Crippen LogP contribution in [0.2, 0.25) is 0 Å². The number of carbonyl (C=O) groups is 1. The number of rotatable bonds is 6. The van der Waals surface area contributed by atoms with E-state index in [1.807, 2.05) is 36.4 Å². The molecular formula is C25H28N2O2S. The molecule has 3 N–H and O–H groups in total. The summed E-state index contributed by atoms with van der Waals surface area (Å²) in [5.74, 6) is 5.51. The standard InChI is InChI=1S/C25H28N2O2S/c1-25(2)13-12-21-20(14-25)22(24(28)29)23(30-21)19-11-7-6-10-18(19)16-27(26)15-17-8-4-3-5-9-17/h3-11H,12-16,26H2,1-2H3,(H,28,29). The van der Waals surface area contributed by atoms with E-state index in [0.29, 0.717) is 18.7 Å². The van der Waals surface area contributed by atoms with Crippen molar-refractivity contribution in [3.05, 3.63) is 81.7 Å². The van der Waals surface area contributed by atoms with Gasteiger partial charge in [-0.05, 0) is 46.9 Å². The fourth-order valence-corrected chi connectivity index (χ4v) is 5.68. The lowest BCUT2D eigenvalue weighted by Crippen LogP contribution is -2.29. The lowest BCUT2D eigenvalue weighted by molar-refractivity contribution is 0.0696. The lowest BCUT2D eigenvalue weighted by atomic mass is 9.76. The number of nitrogens with zero attached hydrogens (tertiary/aromatic N) is 1. The average molecular weight is 421 g/mol. The van der Waals surface area contributed by atoms with Gasteiger partial charge in [0.05, 0.1) is 5.56 Å². The first-order valence-electron chi connectivity index (χ1n) is 10.3. The molecule has 4 nitrogen and oxygen atoms in total. The number of thiophene rings is 1. The van der Waals surface area contributed by atoms with Crippen LogP contribution in [0.5, 0.6) is 0 Å². The number of benzene rings is 2. The van der Waals surface area contributed by atoms with Crippen LogP contribution in [0.4, 0.5) is 0 Å². The van der Waals surface area contributed by atoms with E-state index < -0.39 is 5.97 Å². The predicted octanol–water partition coefficient (Wildman–Crippen LogP) is 5.50. The Morgan fingerprint density at radius 1 is 1.10 bits per heavy atom. The van der Waals surface area contributed by atoms with Crippen LogP contribution >= 0.6 is 11.3 Å². The number of aryl methyl sites for hydroxylation is 1. The third-order valence-electron chi connectivity index (χ3n) is 5.85. The highest BCUT2D eigenvalue weighted by Gasteiger charge is 2.33. The van der Waals surface area contributed by atoms with Gasteiger partial charge in [-0.3, -0.25) is 5.84 Å². The Morgan fingerprint density at radius 3 is 2.53 bits per heavy atom. The van der Waals surface area contributed by atoms with Gasteiger partial charge in [0.25, 0.3) is 0 Å². The van der Waals surface area contributed by atoms with Crippen molar-refractivity contribution in [3.63, 3.8) is 0 Å². The highest BCUT2D eigenvalue weighted by Crippen LogP contribution is 2.45. The number of hydrogen-bond acceptors (Lipinski definition) is 4. The van der Waals surface area contributed by atoms with E-state index in [1.165, 1.54) is 4.88 Å². The van der Waals surface area contributed by atoms with Crippen molar-refractivity contribution in [2.45, 2.75) is 46.2 Å². The summed E-state index contributed by atoms with van der Waals surface area (Å²) in [6.07, 6.45) is 2.86. The molecule has 0 bridgehead atoms. The van der Waals surface area contributed by atoms with Gasteiger partial charge in [0, 0.05) is 22.8 Å². The molecule has 0 radical (unpaired) electrons. The second-order valence-electron chi connectivity index (χ2n) is 8.90. The molecule has 0 atom stereocenters. The molecule has 0 amide bonds. The van der Waals surface area contributed by atoms with Gasteiger partial charge < -0.3 is 5.11 Å². The highest BCUT2D eigenvalue weighted by atomic mass is 32.1. The number of carboxylic acids is 1. The molecule has 156 valence electrons. The van der Waals surface area contributed by atoms with Gasteiger partial charge in [-0.2, -0.15) is 0 Å². The predicted molar refractivity (Wildman–Crippen MR) is 122 cm³/mol. The third kappa shape index (κ3) is 4.33. The lowest BCUT2D eigenvalue weighted by Gasteiger charge is -2.29. The smallest absolute Gasteiger partial charge is 0.337 e. The molecule has 0 fully saturated rings. The second kappa shape index (κ2) is 8.34. The number of hydrogen-bond donors (Lipinski definition) is 2. The summed E-state index contributed by atoms with van der Waals surface area (Å²) in [4.78, 5) is 14.4. The number of hydrazine groups is 1. The molecular weight excluding hydrogens is 392 g/mol. The summed E-state index contributed by atoms with van der Waals surface area (Å²) in [5.41, 5.74) is 4.84. The van der Waals surface area contributed by atoms with Crippen LogP contribution in [0, 0.1) is 5.41 Å². The Morgan fingerprint density at radius 2 is 1.80 bits per heavy atom. The fraction of sp³-hybridized carbons (Fsp3) is 0.320. The first-order chi connectivity index (χ1) is 14.3. The van der Waals surface area contributed by atoms with E-state index in [9.17, 15) is 9.90 Å². The molecule has 3 aromatic rings. The van der Waals surface area contributed by atoms with Gasteiger partial charge in [0.15, 0.2) is 0 Å². The summed E-state index contributed by atoms with van der Waals surface area (Å²) in [6.45, 7) is 5.64. The summed E-state index contributed by atoms with van der Waals surface area (Å²) in [6, 6.07) is 18.2. The van der Waals surface area contributed by atoms with E-state index in [-0.39, 0.29) is 5.41 Å². The van der Waals surface area contributed by atoms with Gasteiger partial charge in [-0.1, -0.05) is 68.4 Å². The van der Waals surface area contributed by atoms with E-state index in [1.54, 1.807) is 16.3 Å². The maximum atomic E-state index is 12.3. The van der Waals surface area contributed by atoms with Crippen molar-refractivity contribution in [1.29, 1.82) is 0 Å². The van der Waals surface area contributed by atoms with Gasteiger partial charge in [-0.25, -0.2) is 9.80 Å². The normalized spacial score (nSPS) is 15.2. The molecule has 30 heavy (non-hydrogen) atoms. The molecule has 4 rings (SSSR count). The molecule has 0 spiro atoms. The molecule has 1 aliphatic carbocycles. The van der Waals surface area contributed by atoms with Crippen molar-refractivity contribution in [2.24, 2.45) is 11.3 Å². The number of fused-ring (bicyclic) bond motifs is 1. The fourth-order valence-electron chi connectivity index (χ4n) is 4.31. The van der Waals surface area contributed by atoms with Crippen LogP contribution in [0.15, 0.2) is 54.6 Å². The minimum atomic E-state index is -0.830. The second-order valence-corrected chi connectivity index (χ2v) is 10.0. The van der Waals surface area contributed by atoms with Gasteiger partial charge in [0.1, 0.15) is 0 Å². The number of nitrogens with two attached hydrogens (primary N) is 1. The van der Waals surface area contributed by atoms with E-state index >= 15 is 0 Å². The molecule has 5 heteroatoms. The SMILES string of the molecule is CC1(C)CCc2sc(-c3ccccc3CN(N)Cc3ccccc3)c(C(=O)O)c2C1. The molecule has 1 aromatic heterocycles. The van der Waals surface area contributed by atoms with Crippen LogP contribution in [0.1, 0.15) is 52.2 Å². The Balaban J connectivity index is 1.69. The minimum absolute atomic E-state index is 0.138. The van der Waals surface area contributed by atoms with Crippen LogP contribution in [0.3, 0.4) is 0 Å². The molecule has 0 saturated heterocycles. The Labute approximate surface area is 181 Å². The van der Waals surface area contributed by atoms with Gasteiger partial charge in [0.2, 0.25) is 0 Å². The third-order valence-corrected chi connectivity index (χ3v) is 7.18. The summed E-state index contributed by atoms with van der Waals surface area (Å²) >= 11 is 1.65. The molecule has 0 aliphatic heterocycles. The van der Waals surface area contributed by atoms with Crippen molar-refractivity contribution in [2.75, 3.05) is 0 Å². The van der Waals surface area contributed by atoms with E-state index in [2.05, 4.69) is 32.0 Å². The van der Waals surface area contributed by atoms with Crippen LogP contribution in [-0.4, -0.2) is 16.1 Å². The first-order valence-corrected chi connectivity index (χ1v) is 11.2. The average Bonchev–Trinajstić information content (AvgIpc) is 3.06. The Kier molecular flexibility index (Phi) is 5.78. The van der Waals surface area contributed by atoms with Crippen molar-refractivity contribution in [1.82, 2.24) is 5.01 Å². The quantitative estimate of drug-likeness (QED) is 0.408.